The molecule has 322 valence electrons. The van der Waals surface area contributed by atoms with Gasteiger partial charge in [0.25, 0.3) is 0 Å². The largest absolute Gasteiger partial charge is 0.455 e. The topological polar surface area (TPSA) is 21.3 Å². The minimum atomic E-state index is 0.884. The summed E-state index contributed by atoms with van der Waals surface area (Å²) >= 11 is 0. The summed E-state index contributed by atoms with van der Waals surface area (Å²) in [7, 11) is 0. The fraction of sp³-hybridized carbons (Fsp3) is 0. The van der Waals surface area contributed by atoms with E-state index in [0.717, 1.165) is 61.4 Å². The lowest BCUT2D eigenvalue weighted by atomic mass is 9.92. The lowest BCUT2D eigenvalue weighted by Crippen LogP contribution is -2.11. The molecule has 0 aliphatic carbocycles. The lowest BCUT2D eigenvalue weighted by Gasteiger charge is -2.28. The Kier molecular flexibility index (Phi) is 8.90. The van der Waals surface area contributed by atoms with Crippen LogP contribution in [0.1, 0.15) is 0 Å². The number of anilines is 3. The molecule has 0 saturated heterocycles. The summed E-state index contributed by atoms with van der Waals surface area (Å²) < 4.78 is 9.12. The van der Waals surface area contributed by atoms with Gasteiger partial charge >= 0.3 is 0 Å². The van der Waals surface area contributed by atoms with Crippen LogP contribution < -0.4 is 4.90 Å². The molecule has 0 saturated carbocycles. The molecule has 14 aromatic rings. The van der Waals surface area contributed by atoms with E-state index in [0.29, 0.717) is 0 Å². The highest BCUT2D eigenvalue weighted by molar-refractivity contribution is 6.26. The number of hydrogen-bond donors (Lipinski definition) is 0. The van der Waals surface area contributed by atoms with Crippen molar-refractivity contribution in [3.63, 3.8) is 0 Å². The second kappa shape index (κ2) is 15.7. The first-order valence-electron chi connectivity index (χ1n) is 23.7. The van der Waals surface area contributed by atoms with Gasteiger partial charge in [-0.25, -0.2) is 0 Å². The Morgan fingerprint density at radius 2 is 0.768 bits per heavy atom. The Morgan fingerprint density at radius 1 is 0.290 bits per heavy atom. The molecule has 0 unspecified atom stereocenters. The van der Waals surface area contributed by atoms with Crippen molar-refractivity contribution in [1.82, 2.24) is 4.57 Å². The van der Waals surface area contributed by atoms with Crippen LogP contribution in [0.2, 0.25) is 0 Å². The normalized spacial score (nSPS) is 11.8. The van der Waals surface area contributed by atoms with E-state index in [1.165, 1.54) is 70.8 Å². The summed E-state index contributed by atoms with van der Waals surface area (Å²) in [5, 5.41) is 12.2. The van der Waals surface area contributed by atoms with E-state index >= 15 is 0 Å². The smallest absolute Gasteiger partial charge is 0.143 e. The second-order valence-electron chi connectivity index (χ2n) is 17.9. The van der Waals surface area contributed by atoms with E-state index in [9.17, 15) is 0 Å². The van der Waals surface area contributed by atoms with Crippen LogP contribution in [0.15, 0.2) is 259 Å². The van der Waals surface area contributed by atoms with Crippen molar-refractivity contribution in [3.8, 4) is 39.1 Å². The molecule has 0 radical (unpaired) electrons. The van der Waals surface area contributed by atoms with Gasteiger partial charge in [0.05, 0.1) is 22.4 Å². The van der Waals surface area contributed by atoms with E-state index in [2.05, 4.69) is 258 Å². The number of hydrogen-bond acceptors (Lipinski definition) is 2. The Bertz CT molecular complexity index is 4240. The maximum Gasteiger partial charge on any atom is 0.143 e. The lowest BCUT2D eigenvalue weighted by molar-refractivity contribution is 0.670. The van der Waals surface area contributed by atoms with Crippen molar-refractivity contribution in [1.29, 1.82) is 0 Å². The van der Waals surface area contributed by atoms with Crippen molar-refractivity contribution in [2.45, 2.75) is 0 Å². The summed E-state index contributed by atoms with van der Waals surface area (Å²) in [5.74, 6) is 0. The molecule has 0 fully saturated rings. The van der Waals surface area contributed by atoms with Crippen LogP contribution in [-0.2, 0) is 0 Å². The van der Waals surface area contributed by atoms with Gasteiger partial charge in [-0.1, -0.05) is 200 Å². The molecule has 0 N–H and O–H groups in total. The summed E-state index contributed by atoms with van der Waals surface area (Å²) in [5.41, 5.74) is 15.3. The number of para-hydroxylation sites is 6. The molecule has 3 nitrogen and oxygen atoms in total. The first-order chi connectivity index (χ1) is 34.3. The number of fused-ring (bicyclic) bond motifs is 12. The molecule has 0 amide bonds. The van der Waals surface area contributed by atoms with Crippen molar-refractivity contribution in [2.75, 3.05) is 4.90 Å². The summed E-state index contributed by atoms with van der Waals surface area (Å²) in [4.78, 5) is 2.42. The monoisotopic (exact) mass is 878 g/mol. The molecule has 2 aromatic heterocycles. The van der Waals surface area contributed by atoms with Gasteiger partial charge in [0.2, 0.25) is 0 Å². The zero-order chi connectivity index (χ0) is 45.4. The first kappa shape index (κ1) is 39.0. The summed E-state index contributed by atoms with van der Waals surface area (Å²) in [6, 6.07) is 92.5. The average molecular weight is 879 g/mol. The second-order valence-corrected chi connectivity index (χ2v) is 17.9. The number of furan rings is 1. The molecule has 0 aliphatic heterocycles. The molecule has 3 heteroatoms. The fourth-order valence-electron chi connectivity index (χ4n) is 11.2. The third-order valence-corrected chi connectivity index (χ3v) is 14.2. The highest BCUT2D eigenvalue weighted by atomic mass is 16.3. The van der Waals surface area contributed by atoms with Crippen molar-refractivity contribution >= 4 is 93.1 Å². The van der Waals surface area contributed by atoms with Gasteiger partial charge in [0.1, 0.15) is 11.2 Å². The first-order valence-corrected chi connectivity index (χ1v) is 23.7. The van der Waals surface area contributed by atoms with Crippen LogP contribution in [0.5, 0.6) is 0 Å². The minimum Gasteiger partial charge on any atom is -0.455 e. The average Bonchev–Trinajstić information content (AvgIpc) is 3.98. The van der Waals surface area contributed by atoms with E-state index in [1.807, 2.05) is 6.07 Å². The van der Waals surface area contributed by atoms with Crippen molar-refractivity contribution < 1.29 is 4.42 Å². The van der Waals surface area contributed by atoms with Crippen LogP contribution in [0, 0.1) is 0 Å². The van der Waals surface area contributed by atoms with E-state index < -0.39 is 0 Å². The van der Waals surface area contributed by atoms with E-state index in [4.69, 9.17) is 4.42 Å². The van der Waals surface area contributed by atoms with Gasteiger partial charge in [-0.05, 0) is 104 Å². The number of benzene rings is 12. The highest BCUT2D eigenvalue weighted by Crippen LogP contribution is 2.47. The van der Waals surface area contributed by atoms with E-state index in [1.54, 1.807) is 0 Å². The number of rotatable bonds is 7. The third kappa shape index (κ3) is 6.14. The molecule has 14 rings (SSSR count). The molecule has 0 aliphatic rings. The summed E-state index contributed by atoms with van der Waals surface area (Å²) in [6.45, 7) is 0. The molecular formula is C66H42N2O. The Balaban J connectivity index is 0.957. The maximum atomic E-state index is 6.70. The third-order valence-electron chi connectivity index (χ3n) is 14.2. The molecular weight excluding hydrogens is 837 g/mol. The predicted molar refractivity (Wildman–Crippen MR) is 292 cm³/mol. The van der Waals surface area contributed by atoms with Gasteiger partial charge in [-0.2, -0.15) is 0 Å². The molecule has 2 heterocycles. The van der Waals surface area contributed by atoms with Crippen LogP contribution in [0.25, 0.3) is 115 Å². The minimum absolute atomic E-state index is 0.884. The molecule has 0 atom stereocenters. The van der Waals surface area contributed by atoms with Crippen LogP contribution in [0.3, 0.4) is 0 Å². The number of aromatic nitrogens is 1. The Hall–Kier alpha value is -9.18. The molecule has 69 heavy (non-hydrogen) atoms. The SMILES string of the molecule is c1ccc(-c2ccccc2-n2c3ccccc3c3ccccc32)c(-c2ccc(N(c3ccc4c5ccccc5c5ccccc5c4c3)c3ccccc3-c3cccc4c3oc3ccccc34)cc2)c1. The zero-order valence-electron chi connectivity index (χ0n) is 37.6. The van der Waals surface area contributed by atoms with Crippen LogP contribution >= 0.6 is 0 Å². The molecule has 12 aromatic carbocycles. The molecule has 0 spiro atoms. The standard InChI is InChI=1S/C66H42N2O/c1-2-19-47(53-24-7-13-32-62(53)68-63-33-14-8-25-54(63)55-26-9-15-34-64(55)68)46(18-1)43-36-38-44(39-37-43)67(45-40-41-52-50-22-4-3-20-48(50)49-21-5-6-23-51(49)60(52)42-45)61-31-12-10-27-56(61)58-29-17-30-59-57-28-11-16-35-65(57)69-66(58)59/h1-42H. The van der Waals surface area contributed by atoms with Crippen molar-refractivity contribution in [2.24, 2.45) is 0 Å². The van der Waals surface area contributed by atoms with Crippen LogP contribution in [0.4, 0.5) is 17.1 Å². The zero-order valence-corrected chi connectivity index (χ0v) is 37.6. The Morgan fingerprint density at radius 3 is 1.46 bits per heavy atom. The van der Waals surface area contributed by atoms with Crippen molar-refractivity contribution in [3.05, 3.63) is 255 Å². The van der Waals surface area contributed by atoms with E-state index in [-0.39, 0.29) is 0 Å². The fourth-order valence-corrected chi connectivity index (χ4v) is 11.2. The predicted octanol–water partition coefficient (Wildman–Crippen LogP) is 18.6. The summed E-state index contributed by atoms with van der Waals surface area (Å²) in [6.07, 6.45) is 0. The van der Waals surface area contributed by atoms with Crippen LogP contribution in [-0.4, -0.2) is 4.57 Å². The molecule has 0 bridgehead atoms. The van der Waals surface area contributed by atoms with Gasteiger partial charge < -0.3 is 13.9 Å². The highest BCUT2D eigenvalue weighted by Gasteiger charge is 2.23. The van der Waals surface area contributed by atoms with Gasteiger partial charge in [0.15, 0.2) is 0 Å². The number of nitrogens with zero attached hydrogens (tertiary/aromatic N) is 2. The Labute approximate surface area is 399 Å². The maximum absolute atomic E-state index is 6.70. The van der Waals surface area contributed by atoms with Gasteiger partial charge in [-0.15, -0.1) is 0 Å². The van der Waals surface area contributed by atoms with Gasteiger partial charge in [0, 0.05) is 49.6 Å². The van der Waals surface area contributed by atoms with Gasteiger partial charge in [-0.3, -0.25) is 0 Å². The quantitative estimate of drug-likeness (QED) is 0.149.